The summed E-state index contributed by atoms with van der Waals surface area (Å²) < 4.78 is 0. The molecule has 0 unspecified atom stereocenters. The van der Waals surface area contributed by atoms with Gasteiger partial charge in [0.1, 0.15) is 17.8 Å². The summed E-state index contributed by atoms with van der Waals surface area (Å²) in [6.45, 7) is 4.07. The molecule has 1 aliphatic heterocycles. The van der Waals surface area contributed by atoms with Crippen molar-refractivity contribution in [1.29, 1.82) is 0 Å². The predicted octanol–water partition coefficient (Wildman–Crippen LogP) is 3.60. The zero-order valence-electron chi connectivity index (χ0n) is 15.4. The third-order valence-corrected chi connectivity index (χ3v) is 4.90. The zero-order chi connectivity index (χ0) is 18.6. The summed E-state index contributed by atoms with van der Waals surface area (Å²) in [5, 5.41) is 3.27. The molecule has 2 aromatic carbocycles. The summed E-state index contributed by atoms with van der Waals surface area (Å²) in [6, 6.07) is 18.4. The van der Waals surface area contributed by atoms with E-state index in [1.165, 1.54) is 28.6 Å². The number of rotatable bonds is 4. The third-order valence-electron chi connectivity index (χ3n) is 4.90. The molecule has 1 amide bonds. The first kappa shape index (κ1) is 17.2. The molecule has 0 radical (unpaired) electrons. The highest BCUT2D eigenvalue weighted by Gasteiger charge is 2.22. The van der Waals surface area contributed by atoms with E-state index in [1.54, 1.807) is 6.07 Å². The molecule has 0 bridgehead atoms. The molecule has 0 fully saturated rings. The van der Waals surface area contributed by atoms with Gasteiger partial charge in [0.25, 0.3) is 5.91 Å². The topological polar surface area (TPSA) is 58.1 Å². The first-order chi connectivity index (χ1) is 13.2. The Morgan fingerprint density at radius 3 is 2.67 bits per heavy atom. The lowest BCUT2D eigenvalue weighted by Crippen LogP contribution is -2.36. The third kappa shape index (κ3) is 3.97. The van der Waals surface area contributed by atoms with Crippen LogP contribution in [0.4, 0.5) is 5.82 Å². The van der Waals surface area contributed by atoms with Crippen molar-refractivity contribution in [1.82, 2.24) is 14.9 Å². The minimum atomic E-state index is -0.0507. The first-order valence-electron chi connectivity index (χ1n) is 9.16. The molecule has 1 aliphatic rings. The van der Waals surface area contributed by atoms with E-state index >= 15 is 0 Å². The summed E-state index contributed by atoms with van der Waals surface area (Å²) in [5.41, 5.74) is 5.36. The summed E-state index contributed by atoms with van der Waals surface area (Å²) in [4.78, 5) is 23.2. The van der Waals surface area contributed by atoms with Gasteiger partial charge in [-0.2, -0.15) is 0 Å². The van der Waals surface area contributed by atoms with Gasteiger partial charge in [0.15, 0.2) is 0 Å². The van der Waals surface area contributed by atoms with Crippen LogP contribution in [-0.4, -0.2) is 27.3 Å². The maximum Gasteiger partial charge on any atom is 0.272 e. The molecule has 4 rings (SSSR count). The molecule has 5 nitrogen and oxygen atoms in total. The molecule has 0 atom stereocenters. The maximum atomic E-state index is 12.9. The monoisotopic (exact) mass is 358 g/mol. The Labute approximate surface area is 159 Å². The second kappa shape index (κ2) is 7.58. The molecule has 0 aliphatic carbocycles. The number of fused-ring (bicyclic) bond motifs is 1. The minimum absolute atomic E-state index is 0.0507. The van der Waals surface area contributed by atoms with Crippen LogP contribution in [-0.2, 0) is 19.5 Å². The van der Waals surface area contributed by atoms with Crippen molar-refractivity contribution < 1.29 is 4.79 Å². The number of aryl methyl sites for hydroxylation is 1. The number of hydrogen-bond acceptors (Lipinski definition) is 4. The Bertz CT molecular complexity index is 953. The Morgan fingerprint density at radius 2 is 1.85 bits per heavy atom. The van der Waals surface area contributed by atoms with Crippen LogP contribution in [0.3, 0.4) is 0 Å². The molecule has 136 valence electrons. The number of nitrogens with one attached hydrogen (secondary N) is 1. The van der Waals surface area contributed by atoms with Crippen LogP contribution in [0.15, 0.2) is 60.9 Å². The fourth-order valence-corrected chi connectivity index (χ4v) is 3.30. The van der Waals surface area contributed by atoms with Crippen LogP contribution in [0.25, 0.3) is 0 Å². The molecule has 0 saturated carbocycles. The number of carbonyl (C=O) groups excluding carboxylic acids is 1. The van der Waals surface area contributed by atoms with E-state index in [0.29, 0.717) is 31.1 Å². The van der Waals surface area contributed by atoms with Gasteiger partial charge in [-0.1, -0.05) is 54.1 Å². The molecule has 1 aromatic heterocycles. The molecule has 0 saturated heterocycles. The molecule has 2 heterocycles. The summed E-state index contributed by atoms with van der Waals surface area (Å²) in [7, 11) is 0. The number of anilines is 1. The van der Waals surface area contributed by atoms with Crippen LogP contribution >= 0.6 is 0 Å². The average Bonchev–Trinajstić information content (AvgIpc) is 2.72. The van der Waals surface area contributed by atoms with Gasteiger partial charge < -0.3 is 10.2 Å². The van der Waals surface area contributed by atoms with Crippen molar-refractivity contribution in [3.8, 4) is 0 Å². The predicted molar refractivity (Wildman–Crippen MR) is 105 cm³/mol. The van der Waals surface area contributed by atoms with Crippen molar-refractivity contribution in [3.63, 3.8) is 0 Å². The normalized spacial score (nSPS) is 13.1. The smallest absolute Gasteiger partial charge is 0.272 e. The van der Waals surface area contributed by atoms with Crippen molar-refractivity contribution in [2.24, 2.45) is 0 Å². The van der Waals surface area contributed by atoms with Gasteiger partial charge in [-0.25, -0.2) is 9.97 Å². The van der Waals surface area contributed by atoms with E-state index in [-0.39, 0.29) is 5.91 Å². The number of amides is 1. The van der Waals surface area contributed by atoms with Crippen molar-refractivity contribution >= 4 is 11.7 Å². The highest BCUT2D eigenvalue weighted by molar-refractivity contribution is 5.93. The highest BCUT2D eigenvalue weighted by atomic mass is 16.2. The van der Waals surface area contributed by atoms with Gasteiger partial charge in [0, 0.05) is 25.7 Å². The summed E-state index contributed by atoms with van der Waals surface area (Å²) in [6.07, 6.45) is 2.33. The van der Waals surface area contributed by atoms with E-state index in [4.69, 9.17) is 0 Å². The molecule has 5 heteroatoms. The minimum Gasteiger partial charge on any atom is -0.366 e. The molecule has 0 spiro atoms. The fourth-order valence-electron chi connectivity index (χ4n) is 3.30. The lowest BCUT2D eigenvalue weighted by Gasteiger charge is -2.28. The first-order valence-corrected chi connectivity index (χ1v) is 9.16. The number of nitrogens with zero attached hydrogens (tertiary/aromatic N) is 3. The van der Waals surface area contributed by atoms with E-state index in [2.05, 4.69) is 58.6 Å². The lowest BCUT2D eigenvalue weighted by atomic mass is 10.00. The Kier molecular flexibility index (Phi) is 4.83. The number of hydrogen-bond donors (Lipinski definition) is 1. The van der Waals surface area contributed by atoms with Crippen LogP contribution in [0.1, 0.15) is 32.7 Å². The van der Waals surface area contributed by atoms with Gasteiger partial charge in [-0.15, -0.1) is 0 Å². The van der Waals surface area contributed by atoms with Gasteiger partial charge >= 0.3 is 0 Å². The van der Waals surface area contributed by atoms with E-state index in [0.717, 1.165) is 6.42 Å². The lowest BCUT2D eigenvalue weighted by molar-refractivity contribution is 0.0728. The quantitative estimate of drug-likeness (QED) is 0.774. The summed E-state index contributed by atoms with van der Waals surface area (Å²) in [5.74, 6) is 0.608. The Balaban J connectivity index is 1.44. The standard InChI is InChI=1S/C22H22N4O/c1-16-6-8-17(9-7-16)13-23-21-12-20(24-15-25-21)22(27)26-11-10-18-4-2-3-5-19(18)14-26/h2-9,12,15H,10-11,13-14H2,1H3,(H,23,24,25). The van der Waals surface area contributed by atoms with Crippen LogP contribution < -0.4 is 5.32 Å². The van der Waals surface area contributed by atoms with Gasteiger partial charge in [0.2, 0.25) is 0 Å². The SMILES string of the molecule is Cc1ccc(CNc2cc(C(=O)N3CCc4ccccc4C3)ncn2)cc1. The molecule has 27 heavy (non-hydrogen) atoms. The number of aromatic nitrogens is 2. The van der Waals surface area contributed by atoms with Gasteiger partial charge in [0.05, 0.1) is 0 Å². The van der Waals surface area contributed by atoms with E-state index in [9.17, 15) is 4.79 Å². The Hall–Kier alpha value is -3.21. The van der Waals surface area contributed by atoms with Gasteiger partial charge in [-0.3, -0.25) is 4.79 Å². The molecular formula is C22H22N4O. The van der Waals surface area contributed by atoms with Crippen molar-refractivity contribution in [3.05, 3.63) is 88.9 Å². The largest absolute Gasteiger partial charge is 0.366 e. The second-order valence-corrected chi connectivity index (χ2v) is 6.87. The number of benzene rings is 2. The Morgan fingerprint density at radius 1 is 1.07 bits per heavy atom. The summed E-state index contributed by atoms with van der Waals surface area (Å²) >= 11 is 0. The molecule has 1 N–H and O–H groups in total. The fraction of sp³-hybridized carbons (Fsp3) is 0.227. The molecular weight excluding hydrogens is 336 g/mol. The van der Waals surface area contributed by atoms with Crippen LogP contribution in [0.2, 0.25) is 0 Å². The van der Waals surface area contributed by atoms with Crippen molar-refractivity contribution in [2.45, 2.75) is 26.4 Å². The zero-order valence-corrected chi connectivity index (χ0v) is 15.4. The highest BCUT2D eigenvalue weighted by Crippen LogP contribution is 2.20. The van der Waals surface area contributed by atoms with E-state index in [1.807, 2.05) is 17.0 Å². The van der Waals surface area contributed by atoms with Gasteiger partial charge in [-0.05, 0) is 30.0 Å². The van der Waals surface area contributed by atoms with Crippen molar-refractivity contribution in [2.75, 3.05) is 11.9 Å². The maximum absolute atomic E-state index is 12.9. The molecule has 3 aromatic rings. The van der Waals surface area contributed by atoms with E-state index < -0.39 is 0 Å². The second-order valence-electron chi connectivity index (χ2n) is 6.87. The number of carbonyl (C=O) groups is 1. The van der Waals surface area contributed by atoms with Crippen LogP contribution in [0.5, 0.6) is 0 Å². The van der Waals surface area contributed by atoms with Crippen LogP contribution in [0, 0.1) is 6.92 Å². The average molecular weight is 358 g/mol.